The Bertz CT molecular complexity index is 1080. The lowest BCUT2D eigenvalue weighted by Crippen LogP contribution is -2.35. The molecular weight excluding hydrogens is 382 g/mol. The lowest BCUT2D eigenvalue weighted by atomic mass is 10.1. The van der Waals surface area contributed by atoms with Crippen LogP contribution in [0.4, 0.5) is 17.1 Å². The second kappa shape index (κ2) is 7.16. The normalized spacial score (nSPS) is 13.6. The molecule has 28 heavy (non-hydrogen) atoms. The molecule has 0 aliphatic carbocycles. The third kappa shape index (κ3) is 3.79. The highest BCUT2D eigenvalue weighted by Crippen LogP contribution is 2.34. The minimum absolute atomic E-state index is 0.0479. The zero-order chi connectivity index (χ0) is 20.6. The van der Waals surface area contributed by atoms with E-state index < -0.39 is 10.0 Å². The van der Waals surface area contributed by atoms with Crippen molar-refractivity contribution in [2.24, 2.45) is 0 Å². The van der Waals surface area contributed by atoms with Gasteiger partial charge in [0.15, 0.2) is 6.61 Å². The number of aryl methyl sites for hydroxylation is 2. The molecule has 0 spiro atoms. The van der Waals surface area contributed by atoms with Gasteiger partial charge < -0.3 is 15.0 Å². The summed E-state index contributed by atoms with van der Waals surface area (Å²) in [7, 11) is -2.27. The highest BCUT2D eigenvalue weighted by Gasteiger charge is 2.24. The van der Waals surface area contributed by atoms with Gasteiger partial charge >= 0.3 is 0 Å². The first-order valence-electron chi connectivity index (χ1n) is 8.53. The Morgan fingerprint density at radius 3 is 2.54 bits per heavy atom. The van der Waals surface area contributed by atoms with Gasteiger partial charge in [-0.25, -0.2) is 8.42 Å². The van der Waals surface area contributed by atoms with Crippen molar-refractivity contribution in [2.75, 3.05) is 28.6 Å². The van der Waals surface area contributed by atoms with E-state index in [0.29, 0.717) is 33.9 Å². The molecular formula is C19H21N3O5S. The molecule has 0 aromatic heterocycles. The maximum Gasteiger partial charge on any atom is 0.264 e. The molecule has 148 valence electrons. The van der Waals surface area contributed by atoms with Crippen molar-refractivity contribution >= 4 is 38.9 Å². The third-order valence-electron chi connectivity index (χ3n) is 4.42. The van der Waals surface area contributed by atoms with Crippen LogP contribution in [0.1, 0.15) is 18.1 Å². The lowest BCUT2D eigenvalue weighted by Gasteiger charge is -2.26. The van der Waals surface area contributed by atoms with Crippen LogP contribution in [0.3, 0.4) is 0 Å². The van der Waals surface area contributed by atoms with Gasteiger partial charge in [-0.3, -0.25) is 14.3 Å². The largest absolute Gasteiger partial charge is 0.482 e. The number of anilines is 3. The summed E-state index contributed by atoms with van der Waals surface area (Å²) in [6.45, 7) is 4.73. The molecule has 9 heteroatoms. The summed E-state index contributed by atoms with van der Waals surface area (Å²) in [6, 6.07) is 7.89. The predicted octanol–water partition coefficient (Wildman–Crippen LogP) is 2.42. The number of carbonyl (C=O) groups excluding carboxylic acids is 2. The fourth-order valence-electron chi connectivity index (χ4n) is 2.95. The SMILES string of the molecule is CC(=O)Nc1cc(C)c(S(=O)(=O)Nc2ccc3c(c2)N(C)C(=O)CO3)cc1C. The highest BCUT2D eigenvalue weighted by atomic mass is 32.2. The summed E-state index contributed by atoms with van der Waals surface area (Å²) in [5.74, 6) is 0.0652. The number of hydrogen-bond acceptors (Lipinski definition) is 5. The number of benzene rings is 2. The van der Waals surface area contributed by atoms with E-state index in [0.717, 1.165) is 0 Å². The van der Waals surface area contributed by atoms with Crippen molar-refractivity contribution < 1.29 is 22.7 Å². The molecule has 0 saturated heterocycles. The number of amides is 2. The number of nitrogens with zero attached hydrogens (tertiary/aromatic N) is 1. The Morgan fingerprint density at radius 2 is 1.86 bits per heavy atom. The van der Waals surface area contributed by atoms with Gasteiger partial charge in [-0.2, -0.15) is 0 Å². The van der Waals surface area contributed by atoms with Gasteiger partial charge in [-0.15, -0.1) is 0 Å². The van der Waals surface area contributed by atoms with Crippen LogP contribution < -0.4 is 19.7 Å². The topological polar surface area (TPSA) is 105 Å². The standard InChI is InChI=1S/C19H21N3O5S/c1-11-8-18(12(2)7-15(11)20-13(3)23)28(25,26)21-14-5-6-17-16(9-14)22(4)19(24)10-27-17/h5-9,21H,10H2,1-4H3,(H,20,23). The van der Waals surface area contributed by atoms with Crippen LogP contribution in [0.2, 0.25) is 0 Å². The molecule has 0 saturated carbocycles. The molecule has 0 atom stereocenters. The van der Waals surface area contributed by atoms with Gasteiger partial charge in [0.25, 0.3) is 15.9 Å². The van der Waals surface area contributed by atoms with Gasteiger partial charge in [-0.1, -0.05) is 0 Å². The molecule has 0 bridgehead atoms. The van der Waals surface area contributed by atoms with Gasteiger partial charge in [0, 0.05) is 19.7 Å². The lowest BCUT2D eigenvalue weighted by molar-refractivity contribution is -0.121. The van der Waals surface area contributed by atoms with E-state index in [1.165, 1.54) is 17.9 Å². The average molecular weight is 403 g/mol. The van der Waals surface area contributed by atoms with Crippen molar-refractivity contribution in [3.8, 4) is 5.75 Å². The fourth-order valence-corrected chi connectivity index (χ4v) is 4.31. The van der Waals surface area contributed by atoms with Gasteiger partial charge in [0.05, 0.1) is 16.3 Å². The molecule has 8 nitrogen and oxygen atoms in total. The van der Waals surface area contributed by atoms with Crippen LogP contribution in [0.15, 0.2) is 35.2 Å². The molecule has 2 N–H and O–H groups in total. The second-order valence-corrected chi connectivity index (χ2v) is 8.29. The molecule has 0 radical (unpaired) electrons. The van der Waals surface area contributed by atoms with E-state index in [-0.39, 0.29) is 23.3 Å². The molecule has 3 rings (SSSR count). The summed E-state index contributed by atoms with van der Waals surface area (Å²) in [5.41, 5.74) is 2.49. The van der Waals surface area contributed by atoms with Crippen LogP contribution in [-0.2, 0) is 19.6 Å². The first-order valence-corrected chi connectivity index (χ1v) is 10.0. The summed E-state index contributed by atoms with van der Waals surface area (Å²) in [5, 5.41) is 2.68. The molecule has 2 amide bonds. The van der Waals surface area contributed by atoms with E-state index >= 15 is 0 Å². The number of sulfonamides is 1. The Kier molecular flexibility index (Phi) is 5.03. The minimum Gasteiger partial charge on any atom is -0.482 e. The van der Waals surface area contributed by atoms with Crippen LogP contribution in [0.5, 0.6) is 5.75 Å². The molecule has 0 fully saturated rings. The molecule has 1 aliphatic heterocycles. The average Bonchev–Trinajstić information content (AvgIpc) is 2.60. The summed E-state index contributed by atoms with van der Waals surface area (Å²) >= 11 is 0. The number of carbonyl (C=O) groups is 2. The van der Waals surface area contributed by atoms with Gasteiger partial charge in [0.2, 0.25) is 5.91 Å². The molecule has 2 aromatic rings. The van der Waals surface area contributed by atoms with Crippen LogP contribution in [-0.4, -0.2) is 33.9 Å². The number of nitrogens with one attached hydrogen (secondary N) is 2. The van der Waals surface area contributed by atoms with Gasteiger partial charge in [-0.05, 0) is 55.3 Å². The van der Waals surface area contributed by atoms with E-state index in [4.69, 9.17) is 4.74 Å². The zero-order valence-electron chi connectivity index (χ0n) is 16.0. The Hall–Kier alpha value is -3.07. The van der Waals surface area contributed by atoms with Gasteiger partial charge in [0.1, 0.15) is 5.75 Å². The number of likely N-dealkylation sites (N-methyl/N-ethyl adjacent to an activating group) is 1. The third-order valence-corrected chi connectivity index (χ3v) is 5.94. The van der Waals surface area contributed by atoms with Crippen molar-refractivity contribution in [1.82, 2.24) is 0 Å². The molecule has 2 aromatic carbocycles. The minimum atomic E-state index is -3.88. The first-order chi connectivity index (χ1) is 13.1. The number of rotatable bonds is 4. The van der Waals surface area contributed by atoms with Crippen LogP contribution >= 0.6 is 0 Å². The Balaban J connectivity index is 1.94. The highest BCUT2D eigenvalue weighted by molar-refractivity contribution is 7.92. The molecule has 1 aliphatic rings. The molecule has 1 heterocycles. The Morgan fingerprint density at radius 1 is 1.14 bits per heavy atom. The van der Waals surface area contributed by atoms with E-state index in [1.54, 1.807) is 45.2 Å². The monoisotopic (exact) mass is 403 g/mol. The van der Waals surface area contributed by atoms with Crippen molar-refractivity contribution in [3.05, 3.63) is 41.5 Å². The summed E-state index contributed by atoms with van der Waals surface area (Å²) in [6.07, 6.45) is 0. The van der Waals surface area contributed by atoms with Crippen LogP contribution in [0.25, 0.3) is 0 Å². The fraction of sp³-hybridized carbons (Fsp3) is 0.263. The quantitative estimate of drug-likeness (QED) is 0.816. The maximum absolute atomic E-state index is 12.9. The summed E-state index contributed by atoms with van der Waals surface area (Å²) < 4.78 is 33.7. The van der Waals surface area contributed by atoms with Crippen molar-refractivity contribution in [3.63, 3.8) is 0 Å². The van der Waals surface area contributed by atoms with Crippen LogP contribution in [0, 0.1) is 13.8 Å². The first kappa shape index (κ1) is 19.7. The second-order valence-electron chi connectivity index (χ2n) is 6.64. The van der Waals surface area contributed by atoms with E-state index in [2.05, 4.69) is 10.0 Å². The van der Waals surface area contributed by atoms with E-state index in [9.17, 15) is 18.0 Å². The van der Waals surface area contributed by atoms with E-state index in [1.807, 2.05) is 0 Å². The molecule has 0 unspecified atom stereocenters. The Labute approximate surface area is 163 Å². The number of fused-ring (bicyclic) bond motifs is 1. The zero-order valence-corrected chi connectivity index (χ0v) is 16.8. The van der Waals surface area contributed by atoms with Crippen molar-refractivity contribution in [1.29, 1.82) is 0 Å². The smallest absolute Gasteiger partial charge is 0.264 e. The number of hydrogen-bond donors (Lipinski definition) is 2. The number of ether oxygens (including phenoxy) is 1. The maximum atomic E-state index is 12.9. The summed E-state index contributed by atoms with van der Waals surface area (Å²) in [4.78, 5) is 24.6. The van der Waals surface area contributed by atoms with Crippen molar-refractivity contribution in [2.45, 2.75) is 25.7 Å². The predicted molar refractivity (Wildman–Crippen MR) is 106 cm³/mol.